The summed E-state index contributed by atoms with van der Waals surface area (Å²) in [6.45, 7) is 7.70. The van der Waals surface area contributed by atoms with Crippen LogP contribution in [0.5, 0.6) is 5.75 Å². The topological polar surface area (TPSA) is 77.5 Å². The highest BCUT2D eigenvalue weighted by Crippen LogP contribution is 2.45. The molecule has 1 aliphatic heterocycles. The van der Waals surface area contributed by atoms with E-state index in [2.05, 4.69) is 28.1 Å². The lowest BCUT2D eigenvalue weighted by atomic mass is 10.0. The normalized spacial score (nSPS) is 22.0. The van der Waals surface area contributed by atoms with Gasteiger partial charge >= 0.3 is 6.09 Å². The second-order valence-electron chi connectivity index (χ2n) is 10.5. The number of ether oxygens (including phenoxy) is 4. The molecule has 0 radical (unpaired) electrons. The van der Waals surface area contributed by atoms with Crippen LogP contribution >= 0.6 is 15.9 Å². The monoisotopic (exact) mass is 552 g/mol. The van der Waals surface area contributed by atoms with Crippen LogP contribution in [0.4, 0.5) is 4.79 Å². The molecule has 2 aliphatic carbocycles. The first-order chi connectivity index (χ1) is 16.7. The van der Waals surface area contributed by atoms with Crippen molar-refractivity contribution in [1.29, 1.82) is 0 Å². The highest BCUT2D eigenvalue weighted by atomic mass is 79.9. The fourth-order valence-electron chi connectivity index (χ4n) is 4.77. The molecule has 194 valence electrons. The van der Waals surface area contributed by atoms with Crippen LogP contribution in [0.1, 0.15) is 63.6 Å². The maximum atomic E-state index is 13.8. The number of amides is 2. The molecular weight excluding hydrogens is 516 g/mol. The number of rotatable bonds is 8. The number of hydrogen-bond donors (Lipinski definition) is 0. The molecule has 1 heterocycles. The summed E-state index contributed by atoms with van der Waals surface area (Å²) in [4.78, 5) is 30.0. The van der Waals surface area contributed by atoms with E-state index in [9.17, 15) is 9.59 Å². The Balaban J connectivity index is 1.49. The Labute approximate surface area is 216 Å². The van der Waals surface area contributed by atoms with Gasteiger partial charge in [0.1, 0.15) is 11.4 Å². The van der Waals surface area contributed by atoms with Crippen LogP contribution in [0.15, 0.2) is 16.6 Å². The summed E-state index contributed by atoms with van der Waals surface area (Å²) >= 11 is 3.64. The molecule has 0 spiro atoms. The molecule has 2 amide bonds. The summed E-state index contributed by atoms with van der Waals surface area (Å²) in [6, 6.07) is 4.41. The summed E-state index contributed by atoms with van der Waals surface area (Å²) < 4.78 is 23.5. The molecule has 4 rings (SSSR count). The van der Waals surface area contributed by atoms with Gasteiger partial charge in [-0.05, 0) is 85.6 Å². The molecule has 2 atom stereocenters. The summed E-state index contributed by atoms with van der Waals surface area (Å²) in [5.74, 6) is 0.754. The van der Waals surface area contributed by atoms with E-state index in [-0.39, 0.29) is 24.5 Å². The highest BCUT2D eigenvalue weighted by Gasteiger charge is 2.44. The number of carbonyl (C=O) groups excluding carboxylic acids is 2. The van der Waals surface area contributed by atoms with E-state index in [0.29, 0.717) is 26.4 Å². The van der Waals surface area contributed by atoms with Gasteiger partial charge in [0.05, 0.1) is 30.3 Å². The number of nitrogens with zero attached hydrogens (tertiary/aromatic N) is 2. The Morgan fingerprint density at radius 2 is 1.97 bits per heavy atom. The number of carbonyl (C=O) groups is 2. The third kappa shape index (κ3) is 6.49. The zero-order chi connectivity index (χ0) is 25.2. The largest absolute Gasteiger partial charge is 0.492 e. The van der Waals surface area contributed by atoms with Crippen molar-refractivity contribution in [2.24, 2.45) is 0 Å². The van der Waals surface area contributed by atoms with E-state index < -0.39 is 17.8 Å². The third-order valence-electron chi connectivity index (χ3n) is 6.51. The van der Waals surface area contributed by atoms with E-state index in [1.165, 1.54) is 5.56 Å². The van der Waals surface area contributed by atoms with Crippen molar-refractivity contribution in [3.05, 3.63) is 27.7 Å². The molecule has 8 nitrogen and oxygen atoms in total. The lowest BCUT2D eigenvalue weighted by Crippen LogP contribution is -2.54. The molecule has 35 heavy (non-hydrogen) atoms. The minimum Gasteiger partial charge on any atom is -0.492 e. The first kappa shape index (κ1) is 26.2. The lowest BCUT2D eigenvalue weighted by Gasteiger charge is -2.38. The van der Waals surface area contributed by atoms with Crippen LogP contribution in [0.2, 0.25) is 0 Å². The van der Waals surface area contributed by atoms with Gasteiger partial charge in [-0.3, -0.25) is 4.79 Å². The van der Waals surface area contributed by atoms with Gasteiger partial charge in [-0.25, -0.2) is 4.79 Å². The number of fused-ring (bicyclic) bond motifs is 1. The maximum Gasteiger partial charge on any atom is 0.410 e. The van der Waals surface area contributed by atoms with Crippen LogP contribution in [0.25, 0.3) is 0 Å². The van der Waals surface area contributed by atoms with Gasteiger partial charge < -0.3 is 28.7 Å². The quantitative estimate of drug-likeness (QED) is 0.442. The predicted octanol–water partition coefficient (Wildman–Crippen LogP) is 4.48. The number of aryl methyl sites for hydroxylation is 1. The Hall–Kier alpha value is -1.84. The average Bonchev–Trinajstić information content (AvgIpc) is 3.57. The van der Waals surface area contributed by atoms with Crippen molar-refractivity contribution in [1.82, 2.24) is 9.80 Å². The number of halogens is 1. The van der Waals surface area contributed by atoms with Gasteiger partial charge in [0.15, 0.2) is 6.10 Å². The molecule has 1 aromatic carbocycles. The first-order valence-corrected chi connectivity index (χ1v) is 13.3. The molecule has 0 N–H and O–H groups in total. The van der Waals surface area contributed by atoms with Crippen molar-refractivity contribution in [3.63, 3.8) is 0 Å². The Kier molecular flexibility index (Phi) is 8.28. The summed E-state index contributed by atoms with van der Waals surface area (Å²) in [6.07, 6.45) is 3.51. The van der Waals surface area contributed by atoms with Crippen molar-refractivity contribution in [2.75, 3.05) is 40.0 Å². The van der Waals surface area contributed by atoms with E-state index >= 15 is 0 Å². The summed E-state index contributed by atoms with van der Waals surface area (Å²) in [7, 11) is 1.68. The Morgan fingerprint density at radius 3 is 2.66 bits per heavy atom. The van der Waals surface area contributed by atoms with Gasteiger partial charge in [-0.1, -0.05) is 0 Å². The smallest absolute Gasteiger partial charge is 0.410 e. The maximum absolute atomic E-state index is 13.8. The lowest BCUT2D eigenvalue weighted by molar-refractivity contribution is -0.152. The molecule has 0 bridgehead atoms. The Morgan fingerprint density at radius 1 is 1.20 bits per heavy atom. The predicted molar refractivity (Wildman–Crippen MR) is 135 cm³/mol. The Bertz CT molecular complexity index is 929. The van der Waals surface area contributed by atoms with Crippen LogP contribution in [-0.2, 0) is 25.4 Å². The van der Waals surface area contributed by atoms with Gasteiger partial charge in [-0.2, -0.15) is 0 Å². The molecule has 9 heteroatoms. The molecule has 0 unspecified atom stereocenters. The molecule has 2 fully saturated rings. The summed E-state index contributed by atoms with van der Waals surface area (Å²) in [5.41, 5.74) is 1.81. The van der Waals surface area contributed by atoms with Gasteiger partial charge in [0.25, 0.3) is 5.91 Å². The van der Waals surface area contributed by atoms with E-state index in [4.69, 9.17) is 18.9 Å². The minimum absolute atomic E-state index is 0.0140. The average molecular weight is 553 g/mol. The van der Waals surface area contributed by atoms with Crippen LogP contribution < -0.4 is 4.74 Å². The second kappa shape index (κ2) is 11.0. The van der Waals surface area contributed by atoms with E-state index in [1.54, 1.807) is 12.0 Å². The summed E-state index contributed by atoms with van der Waals surface area (Å²) in [5, 5.41) is 0. The van der Waals surface area contributed by atoms with Crippen molar-refractivity contribution >= 4 is 27.9 Å². The minimum atomic E-state index is -0.680. The highest BCUT2D eigenvalue weighted by molar-refractivity contribution is 9.10. The zero-order valence-corrected chi connectivity index (χ0v) is 22.8. The van der Waals surface area contributed by atoms with E-state index in [0.717, 1.165) is 47.9 Å². The number of morpholine rings is 1. The SMILES string of the molecule is COCCCOc1cc2c(cc1Br)CC[C@H]2N(C(=O)[C@H]1CN(C(=O)OC(C)(C)C)CCO1)C1CC1. The number of methoxy groups -OCH3 is 1. The van der Waals surface area contributed by atoms with Gasteiger partial charge in [0, 0.05) is 32.7 Å². The second-order valence-corrected chi connectivity index (χ2v) is 11.3. The van der Waals surface area contributed by atoms with Crippen molar-refractivity contribution < 1.29 is 28.5 Å². The molecular formula is C26H37BrN2O6. The molecule has 1 saturated heterocycles. The fraction of sp³-hybridized carbons (Fsp3) is 0.692. The number of hydrogen-bond acceptors (Lipinski definition) is 6. The van der Waals surface area contributed by atoms with Crippen molar-refractivity contribution in [2.45, 2.75) is 76.7 Å². The van der Waals surface area contributed by atoms with Gasteiger partial charge in [-0.15, -0.1) is 0 Å². The third-order valence-corrected chi connectivity index (χ3v) is 7.13. The molecule has 3 aliphatic rings. The zero-order valence-electron chi connectivity index (χ0n) is 21.2. The molecule has 1 saturated carbocycles. The van der Waals surface area contributed by atoms with Gasteiger partial charge in [0.2, 0.25) is 0 Å². The molecule has 1 aromatic rings. The molecule has 0 aromatic heterocycles. The van der Waals surface area contributed by atoms with Crippen LogP contribution in [-0.4, -0.2) is 79.6 Å². The standard InChI is InChI=1S/C26H37BrN2O6/c1-26(2,3)35-25(31)28-10-13-34-23(16-28)24(30)29(18-7-8-18)21-9-6-17-14-20(27)22(15-19(17)21)33-12-5-11-32-4/h14-15,18,21,23H,5-13,16H2,1-4H3/t21-,23-/m1/s1. The van der Waals surface area contributed by atoms with E-state index in [1.807, 2.05) is 25.7 Å². The fourth-order valence-corrected chi connectivity index (χ4v) is 5.27. The first-order valence-electron chi connectivity index (χ1n) is 12.5. The van der Waals surface area contributed by atoms with Crippen LogP contribution in [0, 0.1) is 0 Å². The van der Waals surface area contributed by atoms with Crippen LogP contribution in [0.3, 0.4) is 0 Å². The van der Waals surface area contributed by atoms with Crippen molar-refractivity contribution in [3.8, 4) is 5.75 Å². The number of benzene rings is 1.